The summed E-state index contributed by atoms with van der Waals surface area (Å²) in [7, 11) is 0. The van der Waals surface area contributed by atoms with Gasteiger partial charge in [-0.3, -0.25) is 0 Å². The van der Waals surface area contributed by atoms with Crippen molar-refractivity contribution in [3.05, 3.63) is 65.7 Å². The molecule has 0 atom stereocenters. The van der Waals surface area contributed by atoms with Gasteiger partial charge < -0.3 is 9.84 Å². The van der Waals surface area contributed by atoms with E-state index in [9.17, 15) is 5.11 Å². The Hall–Kier alpha value is -2.22. The van der Waals surface area contributed by atoms with Crippen LogP contribution in [0.3, 0.4) is 0 Å². The van der Waals surface area contributed by atoms with E-state index in [-0.39, 0.29) is 0 Å². The predicted molar refractivity (Wildman–Crippen MR) is 193 cm³/mol. The molecule has 2 nitrogen and oxygen atoms in total. The molecule has 0 aliphatic carbocycles. The maximum absolute atomic E-state index is 10.1. The van der Waals surface area contributed by atoms with Gasteiger partial charge in [-0.05, 0) is 92.8 Å². The van der Waals surface area contributed by atoms with E-state index < -0.39 is 0 Å². The van der Waals surface area contributed by atoms with Crippen LogP contribution >= 0.6 is 0 Å². The highest BCUT2D eigenvalue weighted by Gasteiger charge is 2.08. The average molecular weight is 605 g/mol. The summed E-state index contributed by atoms with van der Waals surface area (Å²) < 4.78 is 6.37. The SMILES string of the molecule is CCCCCC/C=C\CCCCCCCc1cccc(Oc2ccc(O)cc2CCCCCCCCCCCCCCC)c1. The van der Waals surface area contributed by atoms with Gasteiger partial charge in [-0.1, -0.05) is 154 Å². The zero-order chi connectivity index (χ0) is 31.3. The average Bonchev–Trinajstić information content (AvgIpc) is 3.03. The van der Waals surface area contributed by atoms with Crippen LogP contribution in [0.15, 0.2) is 54.6 Å². The summed E-state index contributed by atoms with van der Waals surface area (Å²) in [5.74, 6) is 2.12. The quantitative estimate of drug-likeness (QED) is 0.0739. The number of phenolic OH excluding ortho intramolecular Hbond substituents is 1. The molecular formula is C42H68O2. The molecule has 0 saturated carbocycles. The lowest BCUT2D eigenvalue weighted by Gasteiger charge is -2.13. The minimum absolute atomic E-state index is 0.328. The van der Waals surface area contributed by atoms with Crippen molar-refractivity contribution >= 4 is 0 Å². The van der Waals surface area contributed by atoms with Crippen molar-refractivity contribution in [2.24, 2.45) is 0 Å². The van der Waals surface area contributed by atoms with Gasteiger partial charge in [-0.15, -0.1) is 0 Å². The highest BCUT2D eigenvalue weighted by Crippen LogP contribution is 2.30. The zero-order valence-electron chi connectivity index (χ0n) is 28.9. The zero-order valence-corrected chi connectivity index (χ0v) is 28.9. The lowest BCUT2D eigenvalue weighted by atomic mass is 10.0. The third-order valence-corrected chi connectivity index (χ3v) is 8.95. The van der Waals surface area contributed by atoms with Crippen molar-refractivity contribution in [2.45, 2.75) is 181 Å². The standard InChI is InChI=1S/C42H68O2/c1-3-5-7-9-11-13-15-17-19-21-23-25-27-30-38-31-29-33-41(36-38)44-42-35-34-40(43)37-39(42)32-28-26-24-22-20-18-16-14-12-10-8-6-4-2/h13,15,29,31,33-37,43H,3-12,14,16-28,30,32H2,1-2H3/b15-13-. The molecule has 1 N–H and O–H groups in total. The predicted octanol–water partition coefficient (Wildman–Crippen LogP) is 14.2. The first kappa shape index (κ1) is 38.0. The van der Waals surface area contributed by atoms with Crippen LogP contribution in [0.5, 0.6) is 17.2 Å². The van der Waals surface area contributed by atoms with Gasteiger partial charge in [0.15, 0.2) is 0 Å². The Balaban J connectivity index is 1.60. The van der Waals surface area contributed by atoms with E-state index in [1.165, 1.54) is 153 Å². The summed E-state index contributed by atoms with van der Waals surface area (Å²) in [4.78, 5) is 0. The van der Waals surface area contributed by atoms with Gasteiger partial charge in [0, 0.05) is 0 Å². The van der Waals surface area contributed by atoms with Crippen LogP contribution in [0.25, 0.3) is 0 Å². The number of aromatic hydroxyl groups is 1. The third-order valence-electron chi connectivity index (χ3n) is 8.95. The van der Waals surface area contributed by atoms with Crippen molar-refractivity contribution in [2.75, 3.05) is 0 Å². The summed E-state index contributed by atoms with van der Waals surface area (Å²) >= 11 is 0. The van der Waals surface area contributed by atoms with Crippen molar-refractivity contribution < 1.29 is 9.84 Å². The summed E-state index contributed by atoms with van der Waals surface area (Å²) in [6, 6.07) is 14.2. The van der Waals surface area contributed by atoms with E-state index in [0.717, 1.165) is 36.3 Å². The summed E-state index contributed by atoms with van der Waals surface area (Å²) in [6.45, 7) is 4.56. The van der Waals surface area contributed by atoms with Gasteiger partial charge in [-0.25, -0.2) is 0 Å². The molecule has 2 aromatic rings. The van der Waals surface area contributed by atoms with Gasteiger partial charge in [-0.2, -0.15) is 0 Å². The van der Waals surface area contributed by atoms with Crippen LogP contribution < -0.4 is 4.74 Å². The molecule has 0 fully saturated rings. The van der Waals surface area contributed by atoms with Crippen LogP contribution in [0.1, 0.15) is 179 Å². The number of hydrogen-bond donors (Lipinski definition) is 1. The fourth-order valence-electron chi connectivity index (χ4n) is 6.13. The highest BCUT2D eigenvalue weighted by atomic mass is 16.5. The fraction of sp³-hybridized carbons (Fsp3) is 0.667. The Morgan fingerprint density at radius 2 is 1.02 bits per heavy atom. The molecule has 0 heterocycles. The smallest absolute Gasteiger partial charge is 0.130 e. The molecule has 0 radical (unpaired) electrons. The molecule has 0 amide bonds. The number of allylic oxidation sites excluding steroid dienone is 2. The maximum atomic E-state index is 10.1. The van der Waals surface area contributed by atoms with Gasteiger partial charge >= 0.3 is 0 Å². The van der Waals surface area contributed by atoms with Crippen LogP contribution in [0.2, 0.25) is 0 Å². The molecule has 0 saturated heterocycles. The van der Waals surface area contributed by atoms with E-state index in [1.807, 2.05) is 12.1 Å². The van der Waals surface area contributed by atoms with E-state index >= 15 is 0 Å². The Bertz CT molecular complexity index is 962. The van der Waals surface area contributed by atoms with Crippen LogP contribution in [0, 0.1) is 0 Å². The van der Waals surface area contributed by atoms with Gasteiger partial charge in [0.05, 0.1) is 0 Å². The van der Waals surface area contributed by atoms with Crippen LogP contribution in [-0.4, -0.2) is 5.11 Å². The van der Waals surface area contributed by atoms with Crippen molar-refractivity contribution in [3.63, 3.8) is 0 Å². The number of unbranched alkanes of at least 4 members (excludes halogenated alkanes) is 21. The molecule has 2 rings (SSSR count). The molecule has 0 bridgehead atoms. The maximum Gasteiger partial charge on any atom is 0.130 e. The molecule has 248 valence electrons. The summed E-state index contributed by atoms with van der Waals surface area (Å²) in [5, 5.41) is 10.1. The Kier molecular flexibility index (Phi) is 23.4. The van der Waals surface area contributed by atoms with Crippen molar-refractivity contribution in [3.8, 4) is 17.2 Å². The second-order valence-corrected chi connectivity index (χ2v) is 13.2. The molecule has 2 heteroatoms. The molecule has 0 aromatic heterocycles. The first-order chi connectivity index (χ1) is 21.7. The minimum atomic E-state index is 0.328. The normalized spacial score (nSPS) is 11.5. The molecule has 2 aromatic carbocycles. The molecule has 0 spiro atoms. The first-order valence-electron chi connectivity index (χ1n) is 19.0. The van der Waals surface area contributed by atoms with E-state index in [0.29, 0.717) is 5.75 Å². The largest absolute Gasteiger partial charge is 0.508 e. The topological polar surface area (TPSA) is 29.5 Å². The van der Waals surface area contributed by atoms with Crippen molar-refractivity contribution in [1.82, 2.24) is 0 Å². The second-order valence-electron chi connectivity index (χ2n) is 13.2. The van der Waals surface area contributed by atoms with E-state index in [1.54, 1.807) is 6.07 Å². The molecule has 0 aliphatic rings. The van der Waals surface area contributed by atoms with E-state index in [2.05, 4.69) is 50.3 Å². The first-order valence-corrected chi connectivity index (χ1v) is 19.0. The Morgan fingerprint density at radius 3 is 1.61 bits per heavy atom. The van der Waals surface area contributed by atoms with Crippen LogP contribution in [0.4, 0.5) is 0 Å². The van der Waals surface area contributed by atoms with Gasteiger partial charge in [0.2, 0.25) is 0 Å². The summed E-state index contributed by atoms with van der Waals surface area (Å²) in [6.07, 6.45) is 39.0. The number of phenols is 1. The van der Waals surface area contributed by atoms with Crippen LogP contribution in [-0.2, 0) is 12.8 Å². The minimum Gasteiger partial charge on any atom is -0.508 e. The number of aryl methyl sites for hydroxylation is 2. The number of benzene rings is 2. The number of rotatable bonds is 29. The Labute approximate surface area is 273 Å². The number of hydrogen-bond acceptors (Lipinski definition) is 2. The molecule has 0 aliphatic heterocycles. The number of ether oxygens (including phenoxy) is 1. The van der Waals surface area contributed by atoms with Gasteiger partial charge in [0.25, 0.3) is 0 Å². The second kappa shape index (κ2) is 27.1. The van der Waals surface area contributed by atoms with Gasteiger partial charge in [0.1, 0.15) is 17.2 Å². The molecular weight excluding hydrogens is 536 g/mol. The molecule has 0 unspecified atom stereocenters. The lowest BCUT2D eigenvalue weighted by molar-refractivity contribution is 0.457. The summed E-state index contributed by atoms with van der Waals surface area (Å²) in [5.41, 5.74) is 2.47. The lowest BCUT2D eigenvalue weighted by Crippen LogP contribution is -1.94. The Morgan fingerprint density at radius 1 is 0.523 bits per heavy atom. The fourth-order valence-corrected chi connectivity index (χ4v) is 6.13. The third kappa shape index (κ3) is 19.9. The monoisotopic (exact) mass is 605 g/mol. The highest BCUT2D eigenvalue weighted by molar-refractivity contribution is 5.43. The molecule has 44 heavy (non-hydrogen) atoms. The van der Waals surface area contributed by atoms with Crippen molar-refractivity contribution in [1.29, 1.82) is 0 Å². The van der Waals surface area contributed by atoms with E-state index in [4.69, 9.17) is 4.74 Å².